The van der Waals surface area contributed by atoms with Gasteiger partial charge < -0.3 is 14.5 Å². The van der Waals surface area contributed by atoms with Gasteiger partial charge in [0.25, 0.3) is 0 Å². The monoisotopic (exact) mass is 341 g/mol. The van der Waals surface area contributed by atoms with Crippen LogP contribution in [0.3, 0.4) is 0 Å². The number of benzene rings is 1. The van der Waals surface area contributed by atoms with Crippen LogP contribution in [0.25, 0.3) is 0 Å². The summed E-state index contributed by atoms with van der Waals surface area (Å²) in [6, 6.07) is 9.96. The lowest BCUT2D eigenvalue weighted by molar-refractivity contribution is 0.0266. The molecule has 5 heteroatoms. The van der Waals surface area contributed by atoms with E-state index in [1.54, 1.807) is 0 Å². The number of piperidine rings is 1. The van der Waals surface area contributed by atoms with E-state index in [0.717, 1.165) is 45.4 Å². The molecule has 1 amide bonds. The van der Waals surface area contributed by atoms with Crippen LogP contribution in [0.1, 0.15) is 45.6 Å². The van der Waals surface area contributed by atoms with E-state index in [4.69, 9.17) is 10.00 Å². The summed E-state index contributed by atoms with van der Waals surface area (Å²) in [6.45, 7) is 9.32. The van der Waals surface area contributed by atoms with E-state index >= 15 is 0 Å². The first-order valence-electron chi connectivity index (χ1n) is 9.03. The molecular weight excluding hydrogens is 314 g/mol. The van der Waals surface area contributed by atoms with Crippen LogP contribution in [-0.4, -0.2) is 42.8 Å². The topological polar surface area (TPSA) is 56.6 Å². The van der Waals surface area contributed by atoms with Crippen molar-refractivity contribution in [2.45, 2.75) is 45.6 Å². The number of likely N-dealkylation sites (tertiary alicyclic amines) is 1. The van der Waals surface area contributed by atoms with Crippen molar-refractivity contribution in [2.75, 3.05) is 31.1 Å². The second-order valence-electron chi connectivity index (χ2n) is 8.30. The van der Waals surface area contributed by atoms with Crippen LogP contribution in [0.15, 0.2) is 24.3 Å². The fourth-order valence-corrected chi connectivity index (χ4v) is 3.81. The Kier molecular flexibility index (Phi) is 4.64. The molecule has 0 atom stereocenters. The summed E-state index contributed by atoms with van der Waals surface area (Å²) in [5.41, 5.74) is 1.67. The number of anilines is 1. The third kappa shape index (κ3) is 4.07. The van der Waals surface area contributed by atoms with Crippen molar-refractivity contribution < 1.29 is 9.53 Å². The number of rotatable bonds is 1. The minimum Gasteiger partial charge on any atom is -0.444 e. The standard InChI is InChI=1S/C20H27N3O2/c1-19(2,3)25-18(24)23-13-10-20(15-23)8-11-22(12-9-20)17-6-4-16(14-21)5-7-17/h4-7H,8-13,15H2,1-3H3. The molecule has 2 heterocycles. The molecule has 0 aliphatic carbocycles. The number of nitriles is 1. The van der Waals surface area contributed by atoms with E-state index in [9.17, 15) is 4.79 Å². The predicted octanol–water partition coefficient (Wildman–Crippen LogP) is 3.79. The number of hydrogen-bond donors (Lipinski definition) is 0. The summed E-state index contributed by atoms with van der Waals surface area (Å²) < 4.78 is 5.52. The van der Waals surface area contributed by atoms with E-state index in [1.165, 1.54) is 5.69 Å². The van der Waals surface area contributed by atoms with Crippen LogP contribution < -0.4 is 4.90 Å². The molecule has 5 nitrogen and oxygen atoms in total. The van der Waals surface area contributed by atoms with Crippen molar-refractivity contribution in [3.63, 3.8) is 0 Å². The van der Waals surface area contributed by atoms with E-state index in [-0.39, 0.29) is 11.5 Å². The van der Waals surface area contributed by atoms with Gasteiger partial charge in [-0.1, -0.05) is 0 Å². The molecule has 0 bridgehead atoms. The lowest BCUT2D eigenvalue weighted by Crippen LogP contribution is -2.43. The van der Waals surface area contributed by atoms with Crippen LogP contribution in [-0.2, 0) is 4.74 Å². The third-order valence-electron chi connectivity index (χ3n) is 5.28. The van der Waals surface area contributed by atoms with Crippen molar-refractivity contribution in [3.05, 3.63) is 29.8 Å². The van der Waals surface area contributed by atoms with Crippen molar-refractivity contribution in [1.82, 2.24) is 4.90 Å². The maximum Gasteiger partial charge on any atom is 0.410 e. The molecule has 1 aromatic rings. The molecule has 134 valence electrons. The molecule has 0 aromatic heterocycles. The van der Waals surface area contributed by atoms with E-state index in [2.05, 4.69) is 11.0 Å². The highest BCUT2D eigenvalue weighted by Crippen LogP contribution is 2.41. The summed E-state index contributed by atoms with van der Waals surface area (Å²) in [5.74, 6) is 0. The molecule has 2 aliphatic heterocycles. The average Bonchev–Trinajstić information content (AvgIpc) is 2.98. The van der Waals surface area contributed by atoms with E-state index < -0.39 is 5.60 Å². The maximum atomic E-state index is 12.3. The normalized spacial score (nSPS) is 19.8. The number of hydrogen-bond acceptors (Lipinski definition) is 4. The van der Waals surface area contributed by atoms with Crippen LogP contribution in [0, 0.1) is 16.7 Å². The minimum atomic E-state index is -0.439. The van der Waals surface area contributed by atoms with Gasteiger partial charge in [0.2, 0.25) is 0 Å². The Morgan fingerprint density at radius 1 is 1.12 bits per heavy atom. The van der Waals surface area contributed by atoms with Gasteiger partial charge in [-0.15, -0.1) is 0 Å². The highest BCUT2D eigenvalue weighted by Gasteiger charge is 2.43. The van der Waals surface area contributed by atoms with Crippen molar-refractivity contribution in [3.8, 4) is 6.07 Å². The summed E-state index contributed by atoms with van der Waals surface area (Å²) in [7, 11) is 0. The molecule has 0 N–H and O–H groups in total. The smallest absolute Gasteiger partial charge is 0.410 e. The van der Waals surface area contributed by atoms with Gasteiger partial charge in [0.1, 0.15) is 5.60 Å². The van der Waals surface area contributed by atoms with Crippen molar-refractivity contribution >= 4 is 11.8 Å². The fraction of sp³-hybridized carbons (Fsp3) is 0.600. The second kappa shape index (κ2) is 6.59. The minimum absolute atomic E-state index is 0.182. The zero-order valence-electron chi connectivity index (χ0n) is 15.4. The van der Waals surface area contributed by atoms with E-state index in [0.29, 0.717) is 5.56 Å². The molecule has 3 rings (SSSR count). The third-order valence-corrected chi connectivity index (χ3v) is 5.28. The first-order chi connectivity index (χ1) is 11.8. The number of carbonyl (C=O) groups excluding carboxylic acids is 1. The second-order valence-corrected chi connectivity index (χ2v) is 8.30. The molecular formula is C20H27N3O2. The predicted molar refractivity (Wildman–Crippen MR) is 97.5 cm³/mol. The molecule has 0 saturated carbocycles. The first-order valence-corrected chi connectivity index (χ1v) is 9.03. The molecule has 2 fully saturated rings. The van der Waals surface area contributed by atoms with Gasteiger partial charge in [0.15, 0.2) is 0 Å². The van der Waals surface area contributed by atoms with Crippen LogP contribution in [0.5, 0.6) is 0 Å². The Hall–Kier alpha value is -2.22. The lowest BCUT2D eigenvalue weighted by Gasteiger charge is -2.40. The van der Waals surface area contributed by atoms with Gasteiger partial charge in [-0.05, 0) is 69.7 Å². The Morgan fingerprint density at radius 2 is 1.72 bits per heavy atom. The fourth-order valence-electron chi connectivity index (χ4n) is 3.81. The van der Waals surface area contributed by atoms with Gasteiger partial charge in [-0.25, -0.2) is 4.79 Å². The number of carbonyl (C=O) groups is 1. The molecule has 0 radical (unpaired) electrons. The zero-order valence-corrected chi connectivity index (χ0v) is 15.4. The van der Waals surface area contributed by atoms with Crippen molar-refractivity contribution in [2.24, 2.45) is 5.41 Å². The molecule has 0 unspecified atom stereocenters. The molecule has 1 spiro atoms. The summed E-state index contributed by atoms with van der Waals surface area (Å²) in [5, 5.41) is 8.91. The van der Waals surface area contributed by atoms with Crippen molar-refractivity contribution in [1.29, 1.82) is 5.26 Å². The number of nitrogens with zero attached hydrogens (tertiary/aromatic N) is 3. The van der Waals surface area contributed by atoms with Gasteiger partial charge in [0.05, 0.1) is 11.6 Å². The number of ether oxygens (including phenoxy) is 1. The van der Waals surface area contributed by atoms with Crippen LogP contribution in [0.4, 0.5) is 10.5 Å². The Morgan fingerprint density at radius 3 is 2.28 bits per heavy atom. The highest BCUT2D eigenvalue weighted by atomic mass is 16.6. The number of amides is 1. The molecule has 1 aromatic carbocycles. The zero-order chi connectivity index (χ0) is 18.1. The van der Waals surface area contributed by atoms with Crippen LogP contribution >= 0.6 is 0 Å². The van der Waals surface area contributed by atoms with Gasteiger partial charge >= 0.3 is 6.09 Å². The van der Waals surface area contributed by atoms with Crippen LogP contribution in [0.2, 0.25) is 0 Å². The lowest BCUT2D eigenvalue weighted by atomic mass is 9.77. The molecule has 25 heavy (non-hydrogen) atoms. The largest absolute Gasteiger partial charge is 0.444 e. The summed E-state index contributed by atoms with van der Waals surface area (Å²) >= 11 is 0. The SMILES string of the molecule is CC(C)(C)OC(=O)N1CCC2(CCN(c3ccc(C#N)cc3)CC2)C1. The Bertz CT molecular complexity index is 662. The van der Waals surface area contributed by atoms with E-state index in [1.807, 2.05) is 49.9 Å². The molecule has 2 saturated heterocycles. The molecule has 2 aliphatic rings. The quantitative estimate of drug-likeness (QED) is 0.780. The van der Waals surface area contributed by atoms with Gasteiger partial charge in [-0.3, -0.25) is 0 Å². The van der Waals surface area contributed by atoms with Gasteiger partial charge in [-0.2, -0.15) is 5.26 Å². The van der Waals surface area contributed by atoms with Gasteiger partial charge in [0, 0.05) is 31.9 Å². The first kappa shape index (κ1) is 17.6. The Balaban J connectivity index is 1.57. The Labute approximate surface area is 150 Å². The highest BCUT2D eigenvalue weighted by molar-refractivity contribution is 5.68. The average molecular weight is 341 g/mol. The maximum absolute atomic E-state index is 12.3. The summed E-state index contributed by atoms with van der Waals surface area (Å²) in [6.07, 6.45) is 3.06. The summed E-state index contributed by atoms with van der Waals surface area (Å²) in [4.78, 5) is 16.6.